The minimum atomic E-state index is -0.0967. The van der Waals surface area contributed by atoms with Crippen molar-refractivity contribution in [3.05, 3.63) is 64.7 Å². The number of para-hydroxylation sites is 1. The lowest BCUT2D eigenvalue weighted by molar-refractivity contribution is -0.123. The maximum atomic E-state index is 12.5. The molecule has 1 N–H and O–H groups in total. The van der Waals surface area contributed by atoms with E-state index in [9.17, 15) is 4.79 Å². The van der Waals surface area contributed by atoms with E-state index in [2.05, 4.69) is 71.1 Å². The number of amides is 1. The van der Waals surface area contributed by atoms with Crippen molar-refractivity contribution < 1.29 is 9.53 Å². The Balaban J connectivity index is 2.04. The standard InChI is InChI=1S/C23H31NO2/c1-7-20(18-13-12-16(2)14-17(18)3)24-22(25)15-26-21-11-9-8-10-19(21)23(4,5)6/h8-14,20H,7,15H2,1-6H3,(H,24,25). The second-order valence-electron chi connectivity index (χ2n) is 7.92. The maximum absolute atomic E-state index is 12.5. The number of carbonyl (C=O) groups is 1. The van der Waals surface area contributed by atoms with E-state index in [1.807, 2.05) is 18.2 Å². The third-order valence-corrected chi connectivity index (χ3v) is 4.60. The molecule has 0 bridgehead atoms. The predicted octanol–water partition coefficient (Wildman–Crippen LogP) is 5.25. The lowest BCUT2D eigenvalue weighted by atomic mass is 9.86. The van der Waals surface area contributed by atoms with Gasteiger partial charge in [-0.25, -0.2) is 0 Å². The molecule has 2 rings (SSSR count). The van der Waals surface area contributed by atoms with Crippen molar-refractivity contribution in [3.8, 4) is 5.75 Å². The molecule has 26 heavy (non-hydrogen) atoms. The first-order valence-electron chi connectivity index (χ1n) is 9.31. The van der Waals surface area contributed by atoms with Crippen LogP contribution in [0.3, 0.4) is 0 Å². The van der Waals surface area contributed by atoms with E-state index >= 15 is 0 Å². The van der Waals surface area contributed by atoms with Crippen LogP contribution in [0.1, 0.15) is 62.4 Å². The third kappa shape index (κ3) is 5.10. The van der Waals surface area contributed by atoms with Gasteiger partial charge in [-0.1, -0.05) is 69.7 Å². The summed E-state index contributed by atoms with van der Waals surface area (Å²) in [4.78, 5) is 12.5. The lowest BCUT2D eigenvalue weighted by Crippen LogP contribution is -2.33. The Kier molecular flexibility index (Phi) is 6.47. The fourth-order valence-electron chi connectivity index (χ4n) is 3.21. The van der Waals surface area contributed by atoms with Gasteiger partial charge in [0.05, 0.1) is 6.04 Å². The average molecular weight is 354 g/mol. The molecule has 0 aliphatic carbocycles. The molecule has 1 amide bonds. The van der Waals surface area contributed by atoms with Crippen LogP contribution in [0.5, 0.6) is 5.75 Å². The van der Waals surface area contributed by atoms with Gasteiger partial charge in [-0.2, -0.15) is 0 Å². The van der Waals surface area contributed by atoms with Gasteiger partial charge in [-0.3, -0.25) is 4.79 Å². The molecule has 0 aliphatic heterocycles. The van der Waals surface area contributed by atoms with Crippen LogP contribution in [-0.2, 0) is 10.2 Å². The summed E-state index contributed by atoms with van der Waals surface area (Å²) in [6, 6.07) is 14.3. The number of rotatable bonds is 6. The van der Waals surface area contributed by atoms with Crippen LogP contribution in [0.25, 0.3) is 0 Å². The van der Waals surface area contributed by atoms with Gasteiger partial charge in [0.25, 0.3) is 5.91 Å². The predicted molar refractivity (Wildman–Crippen MR) is 108 cm³/mol. The summed E-state index contributed by atoms with van der Waals surface area (Å²) in [6.07, 6.45) is 0.841. The Labute approximate surface area is 157 Å². The normalized spacial score (nSPS) is 12.5. The highest BCUT2D eigenvalue weighted by Gasteiger charge is 2.20. The summed E-state index contributed by atoms with van der Waals surface area (Å²) in [6.45, 7) is 12.7. The largest absolute Gasteiger partial charge is 0.483 e. The Morgan fingerprint density at radius 1 is 1.12 bits per heavy atom. The first-order valence-corrected chi connectivity index (χ1v) is 9.31. The zero-order valence-electron chi connectivity index (χ0n) is 16.8. The summed E-state index contributed by atoms with van der Waals surface area (Å²) in [5.41, 5.74) is 4.68. The topological polar surface area (TPSA) is 38.3 Å². The summed E-state index contributed by atoms with van der Waals surface area (Å²) in [5.74, 6) is 0.676. The Bertz CT molecular complexity index is 759. The smallest absolute Gasteiger partial charge is 0.258 e. The molecule has 2 aromatic carbocycles. The van der Waals surface area contributed by atoms with E-state index < -0.39 is 0 Å². The molecular weight excluding hydrogens is 322 g/mol. The maximum Gasteiger partial charge on any atom is 0.258 e. The number of ether oxygens (including phenoxy) is 1. The Morgan fingerprint density at radius 3 is 2.42 bits per heavy atom. The van der Waals surface area contributed by atoms with Crippen LogP contribution in [0.15, 0.2) is 42.5 Å². The molecule has 0 saturated heterocycles. The number of hydrogen-bond acceptors (Lipinski definition) is 2. The van der Waals surface area contributed by atoms with Gasteiger partial charge >= 0.3 is 0 Å². The van der Waals surface area contributed by atoms with Crippen LogP contribution >= 0.6 is 0 Å². The molecule has 0 aromatic heterocycles. The molecule has 0 aliphatic rings. The van der Waals surface area contributed by atoms with Crippen molar-refractivity contribution in [2.75, 3.05) is 6.61 Å². The van der Waals surface area contributed by atoms with Crippen LogP contribution in [0.2, 0.25) is 0 Å². The van der Waals surface area contributed by atoms with E-state index in [0.717, 1.165) is 17.7 Å². The molecule has 2 aromatic rings. The van der Waals surface area contributed by atoms with Crippen molar-refractivity contribution >= 4 is 5.91 Å². The first kappa shape index (κ1) is 20.0. The van der Waals surface area contributed by atoms with E-state index in [-0.39, 0.29) is 24.0 Å². The highest BCUT2D eigenvalue weighted by atomic mass is 16.5. The van der Waals surface area contributed by atoms with E-state index in [1.54, 1.807) is 0 Å². The molecule has 140 valence electrons. The zero-order valence-corrected chi connectivity index (χ0v) is 16.8. The summed E-state index contributed by atoms with van der Waals surface area (Å²) >= 11 is 0. The van der Waals surface area contributed by atoms with Crippen LogP contribution in [0.4, 0.5) is 0 Å². The van der Waals surface area contributed by atoms with Gasteiger partial charge in [-0.05, 0) is 48.4 Å². The highest BCUT2D eigenvalue weighted by Crippen LogP contribution is 2.31. The molecule has 1 atom stereocenters. The molecule has 0 spiro atoms. The number of aryl methyl sites for hydroxylation is 2. The average Bonchev–Trinajstić information content (AvgIpc) is 2.58. The van der Waals surface area contributed by atoms with Gasteiger partial charge in [0.2, 0.25) is 0 Å². The van der Waals surface area contributed by atoms with Gasteiger partial charge in [0.15, 0.2) is 6.61 Å². The number of hydrogen-bond donors (Lipinski definition) is 1. The molecule has 3 heteroatoms. The summed E-state index contributed by atoms with van der Waals surface area (Å²) in [7, 11) is 0. The second-order valence-corrected chi connectivity index (χ2v) is 7.92. The minimum absolute atomic E-state index is 0.00422. The second kappa shape index (κ2) is 8.39. The quantitative estimate of drug-likeness (QED) is 0.770. The molecular formula is C23H31NO2. The van der Waals surface area contributed by atoms with Crippen molar-refractivity contribution in [2.24, 2.45) is 0 Å². The third-order valence-electron chi connectivity index (χ3n) is 4.60. The fraction of sp³-hybridized carbons (Fsp3) is 0.435. The van der Waals surface area contributed by atoms with Crippen LogP contribution in [0, 0.1) is 13.8 Å². The highest BCUT2D eigenvalue weighted by molar-refractivity contribution is 5.78. The number of benzene rings is 2. The fourth-order valence-corrected chi connectivity index (χ4v) is 3.21. The molecule has 0 radical (unpaired) electrons. The molecule has 0 fully saturated rings. The lowest BCUT2D eigenvalue weighted by Gasteiger charge is -2.23. The van der Waals surface area contributed by atoms with E-state index in [1.165, 1.54) is 16.7 Å². The van der Waals surface area contributed by atoms with Crippen molar-refractivity contribution in [2.45, 2.75) is 59.4 Å². The van der Waals surface area contributed by atoms with E-state index in [4.69, 9.17) is 4.74 Å². The van der Waals surface area contributed by atoms with Crippen molar-refractivity contribution in [1.29, 1.82) is 0 Å². The van der Waals surface area contributed by atoms with E-state index in [0.29, 0.717) is 0 Å². The number of nitrogens with one attached hydrogen (secondary N) is 1. The van der Waals surface area contributed by atoms with Crippen LogP contribution < -0.4 is 10.1 Å². The van der Waals surface area contributed by atoms with Crippen molar-refractivity contribution in [3.63, 3.8) is 0 Å². The Hall–Kier alpha value is -2.29. The van der Waals surface area contributed by atoms with Gasteiger partial charge in [-0.15, -0.1) is 0 Å². The molecule has 3 nitrogen and oxygen atoms in total. The van der Waals surface area contributed by atoms with Gasteiger partial charge in [0.1, 0.15) is 5.75 Å². The Morgan fingerprint density at radius 2 is 1.81 bits per heavy atom. The summed E-state index contributed by atoms with van der Waals surface area (Å²) < 4.78 is 5.84. The van der Waals surface area contributed by atoms with Crippen molar-refractivity contribution in [1.82, 2.24) is 5.32 Å². The molecule has 1 unspecified atom stereocenters. The zero-order chi connectivity index (χ0) is 19.3. The van der Waals surface area contributed by atoms with Crippen LogP contribution in [-0.4, -0.2) is 12.5 Å². The molecule has 0 saturated carbocycles. The summed E-state index contributed by atoms with van der Waals surface area (Å²) in [5, 5.41) is 3.11. The molecule has 0 heterocycles. The first-order chi connectivity index (χ1) is 12.2. The monoisotopic (exact) mass is 353 g/mol. The SMILES string of the molecule is CCC(NC(=O)COc1ccccc1C(C)(C)C)c1ccc(C)cc1C. The van der Waals surface area contributed by atoms with Gasteiger partial charge < -0.3 is 10.1 Å². The number of carbonyl (C=O) groups excluding carboxylic acids is 1. The minimum Gasteiger partial charge on any atom is -0.483 e. The van der Waals surface area contributed by atoms with Gasteiger partial charge in [0, 0.05) is 0 Å².